The fourth-order valence-corrected chi connectivity index (χ4v) is 2.36. The van der Waals surface area contributed by atoms with Crippen molar-refractivity contribution in [3.05, 3.63) is 40.8 Å². The number of hydrogen-bond acceptors (Lipinski definition) is 4. The molecule has 0 atom stereocenters. The molecular weight excluding hydrogens is 308 g/mol. The molecule has 0 fully saturated rings. The summed E-state index contributed by atoms with van der Waals surface area (Å²) in [6.45, 7) is 6.10. The number of carbonyl (C=O) groups is 1. The van der Waals surface area contributed by atoms with Crippen LogP contribution in [0.15, 0.2) is 35.3 Å². The molecule has 1 N–H and O–H groups in total. The first kappa shape index (κ1) is 18.0. The maximum Gasteiger partial charge on any atom is 0.258 e. The summed E-state index contributed by atoms with van der Waals surface area (Å²) >= 11 is 0. The molecule has 0 saturated carbocycles. The third-order valence-electron chi connectivity index (χ3n) is 3.59. The highest BCUT2D eigenvalue weighted by atomic mass is 16.5. The molecule has 0 aliphatic carbocycles. The molecule has 0 saturated heterocycles. The predicted octanol–water partition coefficient (Wildman–Crippen LogP) is 1.94. The summed E-state index contributed by atoms with van der Waals surface area (Å²) < 4.78 is 12.5. The van der Waals surface area contributed by atoms with Gasteiger partial charge in [-0.1, -0.05) is 13.0 Å². The van der Waals surface area contributed by atoms with E-state index in [0.29, 0.717) is 42.8 Å². The van der Waals surface area contributed by atoms with Gasteiger partial charge in [-0.05, 0) is 31.5 Å². The Morgan fingerprint density at radius 3 is 2.79 bits per heavy atom. The summed E-state index contributed by atoms with van der Waals surface area (Å²) in [5, 5.41) is 4.03. The molecule has 130 valence electrons. The van der Waals surface area contributed by atoms with Crippen molar-refractivity contribution >= 4 is 16.7 Å². The number of aromatic nitrogens is 1. The molecule has 0 unspecified atom stereocenters. The van der Waals surface area contributed by atoms with E-state index < -0.39 is 0 Å². The van der Waals surface area contributed by atoms with E-state index in [0.717, 1.165) is 6.42 Å². The summed E-state index contributed by atoms with van der Waals surface area (Å²) in [6.07, 6.45) is 2.61. The third-order valence-corrected chi connectivity index (χ3v) is 3.59. The van der Waals surface area contributed by atoms with E-state index in [-0.39, 0.29) is 18.1 Å². The Labute approximate surface area is 141 Å². The molecule has 0 spiro atoms. The van der Waals surface area contributed by atoms with Crippen LogP contribution in [0.5, 0.6) is 5.75 Å². The summed E-state index contributed by atoms with van der Waals surface area (Å²) in [7, 11) is 0. The molecule has 1 heterocycles. The number of nitrogens with zero attached hydrogens (tertiary/aromatic N) is 1. The molecule has 2 aromatic rings. The number of amides is 1. The Hall–Kier alpha value is -2.34. The van der Waals surface area contributed by atoms with Gasteiger partial charge < -0.3 is 19.4 Å². The van der Waals surface area contributed by atoms with Crippen LogP contribution in [0, 0.1) is 0 Å². The molecule has 6 heteroatoms. The molecule has 1 aromatic carbocycles. The normalized spacial score (nSPS) is 10.8. The molecular formula is C18H24N2O4. The Kier molecular flexibility index (Phi) is 6.81. The van der Waals surface area contributed by atoms with Gasteiger partial charge >= 0.3 is 0 Å². The first-order valence-electron chi connectivity index (χ1n) is 8.26. The third kappa shape index (κ3) is 4.58. The van der Waals surface area contributed by atoms with Crippen LogP contribution in [-0.4, -0.2) is 36.8 Å². The van der Waals surface area contributed by atoms with Gasteiger partial charge in [0.25, 0.3) is 11.5 Å². The van der Waals surface area contributed by atoms with E-state index in [2.05, 4.69) is 5.32 Å². The topological polar surface area (TPSA) is 69.6 Å². The Morgan fingerprint density at radius 1 is 1.21 bits per heavy atom. The van der Waals surface area contributed by atoms with Crippen LogP contribution in [0.4, 0.5) is 0 Å². The lowest BCUT2D eigenvalue weighted by Gasteiger charge is -2.11. The average molecular weight is 332 g/mol. The van der Waals surface area contributed by atoms with E-state index in [1.807, 2.05) is 19.9 Å². The molecule has 1 aromatic heterocycles. The van der Waals surface area contributed by atoms with Crippen molar-refractivity contribution in [1.29, 1.82) is 0 Å². The van der Waals surface area contributed by atoms with Crippen LogP contribution in [0.1, 0.15) is 20.3 Å². The minimum absolute atomic E-state index is 0.0630. The predicted molar refractivity (Wildman–Crippen MR) is 93.5 cm³/mol. The van der Waals surface area contributed by atoms with Gasteiger partial charge in [-0.25, -0.2) is 0 Å². The largest absolute Gasteiger partial charge is 0.483 e. The van der Waals surface area contributed by atoms with Gasteiger partial charge in [-0.3, -0.25) is 9.59 Å². The lowest BCUT2D eigenvalue weighted by Crippen LogP contribution is -2.29. The molecule has 0 radical (unpaired) electrons. The SMILES string of the molecule is CCCNC(=O)COc1cccc2c(=O)n(CCOCC)ccc12. The van der Waals surface area contributed by atoms with Gasteiger partial charge in [-0.15, -0.1) is 0 Å². The first-order valence-corrected chi connectivity index (χ1v) is 8.26. The fourth-order valence-electron chi connectivity index (χ4n) is 2.36. The fraction of sp³-hybridized carbons (Fsp3) is 0.444. The van der Waals surface area contributed by atoms with Crippen LogP contribution in [-0.2, 0) is 16.1 Å². The summed E-state index contributed by atoms with van der Waals surface area (Å²) in [5.74, 6) is 0.368. The number of pyridine rings is 1. The summed E-state index contributed by atoms with van der Waals surface area (Å²) in [6, 6.07) is 7.12. The standard InChI is InChI=1S/C18H24N2O4/c1-3-9-19-17(21)13-24-16-7-5-6-15-14(16)8-10-20(18(15)22)11-12-23-4-2/h5-8,10H,3-4,9,11-13H2,1-2H3,(H,19,21). The van der Waals surface area contributed by atoms with Gasteiger partial charge in [-0.2, -0.15) is 0 Å². The van der Waals surface area contributed by atoms with E-state index in [1.54, 1.807) is 29.0 Å². The Morgan fingerprint density at radius 2 is 2.04 bits per heavy atom. The van der Waals surface area contributed by atoms with Crippen LogP contribution in [0.25, 0.3) is 10.8 Å². The van der Waals surface area contributed by atoms with Crippen LogP contribution in [0.2, 0.25) is 0 Å². The molecule has 24 heavy (non-hydrogen) atoms. The van der Waals surface area contributed by atoms with E-state index in [4.69, 9.17) is 9.47 Å². The smallest absolute Gasteiger partial charge is 0.258 e. The maximum absolute atomic E-state index is 12.5. The van der Waals surface area contributed by atoms with Crippen LogP contribution in [0.3, 0.4) is 0 Å². The number of hydrogen-bond donors (Lipinski definition) is 1. The van der Waals surface area contributed by atoms with Gasteiger partial charge in [0.05, 0.1) is 12.0 Å². The first-order chi connectivity index (χ1) is 11.7. The molecule has 0 aliphatic heterocycles. The summed E-state index contributed by atoms with van der Waals surface area (Å²) in [4.78, 5) is 24.2. The molecule has 1 amide bonds. The van der Waals surface area contributed by atoms with Gasteiger partial charge in [0, 0.05) is 31.3 Å². The van der Waals surface area contributed by atoms with Gasteiger partial charge in [0.2, 0.25) is 0 Å². The zero-order chi connectivity index (χ0) is 17.4. The van der Waals surface area contributed by atoms with Crippen molar-refractivity contribution in [1.82, 2.24) is 9.88 Å². The van der Waals surface area contributed by atoms with Gasteiger partial charge in [0.15, 0.2) is 6.61 Å². The quantitative estimate of drug-likeness (QED) is 0.713. The molecule has 0 aliphatic rings. The average Bonchev–Trinajstić information content (AvgIpc) is 2.60. The van der Waals surface area contributed by atoms with E-state index in [9.17, 15) is 9.59 Å². The molecule has 6 nitrogen and oxygen atoms in total. The van der Waals surface area contributed by atoms with E-state index >= 15 is 0 Å². The van der Waals surface area contributed by atoms with Crippen LogP contribution < -0.4 is 15.6 Å². The number of carbonyl (C=O) groups excluding carboxylic acids is 1. The minimum Gasteiger partial charge on any atom is -0.483 e. The highest BCUT2D eigenvalue weighted by molar-refractivity contribution is 5.88. The number of benzene rings is 1. The number of fused-ring (bicyclic) bond motifs is 1. The molecule has 2 rings (SSSR count). The monoisotopic (exact) mass is 332 g/mol. The second kappa shape index (κ2) is 9.08. The second-order valence-corrected chi connectivity index (χ2v) is 5.37. The van der Waals surface area contributed by atoms with Crippen molar-refractivity contribution in [2.75, 3.05) is 26.4 Å². The number of nitrogens with one attached hydrogen (secondary N) is 1. The summed E-state index contributed by atoms with van der Waals surface area (Å²) in [5.41, 5.74) is -0.0897. The van der Waals surface area contributed by atoms with Crippen molar-refractivity contribution in [3.8, 4) is 5.75 Å². The zero-order valence-corrected chi connectivity index (χ0v) is 14.2. The zero-order valence-electron chi connectivity index (χ0n) is 14.2. The van der Waals surface area contributed by atoms with Crippen molar-refractivity contribution in [2.24, 2.45) is 0 Å². The van der Waals surface area contributed by atoms with Gasteiger partial charge in [0.1, 0.15) is 5.75 Å². The number of rotatable bonds is 9. The number of ether oxygens (including phenoxy) is 2. The second-order valence-electron chi connectivity index (χ2n) is 5.37. The van der Waals surface area contributed by atoms with Crippen molar-refractivity contribution < 1.29 is 14.3 Å². The van der Waals surface area contributed by atoms with Crippen molar-refractivity contribution in [3.63, 3.8) is 0 Å². The molecule has 0 bridgehead atoms. The lowest BCUT2D eigenvalue weighted by atomic mass is 10.1. The minimum atomic E-state index is -0.168. The van der Waals surface area contributed by atoms with E-state index in [1.165, 1.54) is 0 Å². The lowest BCUT2D eigenvalue weighted by molar-refractivity contribution is -0.123. The maximum atomic E-state index is 12.5. The highest BCUT2D eigenvalue weighted by Crippen LogP contribution is 2.23. The Bertz CT molecular complexity index is 739. The van der Waals surface area contributed by atoms with Crippen molar-refractivity contribution in [2.45, 2.75) is 26.8 Å². The highest BCUT2D eigenvalue weighted by Gasteiger charge is 2.09. The Balaban J connectivity index is 2.16. The van der Waals surface area contributed by atoms with Crippen LogP contribution >= 0.6 is 0 Å².